The first-order chi connectivity index (χ1) is 7.54. The van der Waals surface area contributed by atoms with Gasteiger partial charge in [-0.05, 0) is 32.1 Å². The molecule has 3 atom stereocenters. The van der Waals surface area contributed by atoms with E-state index in [0.29, 0.717) is 12.5 Å². The van der Waals surface area contributed by atoms with E-state index in [4.69, 9.17) is 5.73 Å². The van der Waals surface area contributed by atoms with E-state index >= 15 is 0 Å². The summed E-state index contributed by atoms with van der Waals surface area (Å²) in [5.41, 5.74) is 5.72. The highest BCUT2D eigenvalue weighted by Gasteiger charge is 2.24. The second-order valence-corrected chi connectivity index (χ2v) is 4.94. The van der Waals surface area contributed by atoms with Crippen LogP contribution < -0.4 is 5.73 Å². The molecule has 0 saturated carbocycles. The predicted octanol–water partition coefficient (Wildman–Crippen LogP) is 0.997. The minimum absolute atomic E-state index is 0.308. The normalized spacial score (nSPS) is 28.8. The SMILES string of the molecule is COC(=O)C(N)CCN1CC(C)CCC1C. The van der Waals surface area contributed by atoms with Crippen molar-refractivity contribution in [2.45, 2.75) is 45.2 Å². The standard InChI is InChI=1S/C12H24N2O2/c1-9-4-5-10(2)14(8-9)7-6-11(13)12(15)16-3/h9-11H,4-8,13H2,1-3H3. The highest BCUT2D eigenvalue weighted by Crippen LogP contribution is 2.21. The van der Waals surface area contributed by atoms with Crippen molar-refractivity contribution in [3.05, 3.63) is 0 Å². The van der Waals surface area contributed by atoms with Crippen LogP contribution in [-0.4, -0.2) is 43.2 Å². The lowest BCUT2D eigenvalue weighted by molar-refractivity contribution is -0.142. The summed E-state index contributed by atoms with van der Waals surface area (Å²) in [6, 6.07) is 0.135. The number of methoxy groups -OCH3 is 1. The predicted molar refractivity (Wildman–Crippen MR) is 64.0 cm³/mol. The zero-order valence-corrected chi connectivity index (χ0v) is 10.6. The molecule has 1 aliphatic heterocycles. The summed E-state index contributed by atoms with van der Waals surface area (Å²) in [6.07, 6.45) is 3.24. The molecule has 0 amide bonds. The first-order valence-electron chi connectivity index (χ1n) is 6.12. The minimum atomic E-state index is -0.477. The molecule has 1 saturated heterocycles. The van der Waals surface area contributed by atoms with Crippen molar-refractivity contribution in [3.63, 3.8) is 0 Å². The molecule has 3 unspecified atom stereocenters. The van der Waals surface area contributed by atoms with E-state index in [9.17, 15) is 4.79 Å². The van der Waals surface area contributed by atoms with Gasteiger partial charge in [0.05, 0.1) is 7.11 Å². The summed E-state index contributed by atoms with van der Waals surface area (Å²) in [7, 11) is 1.38. The van der Waals surface area contributed by atoms with E-state index in [-0.39, 0.29) is 5.97 Å². The molecule has 0 aromatic heterocycles. The van der Waals surface area contributed by atoms with Crippen molar-refractivity contribution >= 4 is 5.97 Å². The van der Waals surface area contributed by atoms with Crippen molar-refractivity contribution in [3.8, 4) is 0 Å². The van der Waals surface area contributed by atoms with Gasteiger partial charge in [0.1, 0.15) is 6.04 Å². The topological polar surface area (TPSA) is 55.6 Å². The van der Waals surface area contributed by atoms with Gasteiger partial charge in [0.2, 0.25) is 0 Å². The number of nitrogens with zero attached hydrogens (tertiary/aromatic N) is 1. The Labute approximate surface area is 98.1 Å². The maximum Gasteiger partial charge on any atom is 0.322 e. The van der Waals surface area contributed by atoms with Crippen LogP contribution in [0.2, 0.25) is 0 Å². The molecule has 2 N–H and O–H groups in total. The summed E-state index contributed by atoms with van der Waals surface area (Å²) in [5, 5.41) is 0. The molecule has 0 bridgehead atoms. The Morgan fingerprint density at radius 3 is 2.81 bits per heavy atom. The van der Waals surface area contributed by atoms with Crippen molar-refractivity contribution in [2.75, 3.05) is 20.2 Å². The molecule has 1 heterocycles. The Morgan fingerprint density at radius 2 is 2.19 bits per heavy atom. The lowest BCUT2D eigenvalue weighted by atomic mass is 9.95. The molecule has 16 heavy (non-hydrogen) atoms. The molecule has 4 heteroatoms. The van der Waals surface area contributed by atoms with Crippen LogP contribution in [0.25, 0.3) is 0 Å². The first-order valence-corrected chi connectivity index (χ1v) is 6.12. The Kier molecular flexibility index (Phi) is 5.22. The fourth-order valence-corrected chi connectivity index (χ4v) is 2.27. The fourth-order valence-electron chi connectivity index (χ4n) is 2.27. The lowest BCUT2D eigenvalue weighted by Gasteiger charge is -2.37. The third kappa shape index (κ3) is 3.76. The molecular formula is C12H24N2O2. The van der Waals surface area contributed by atoms with Crippen molar-refractivity contribution in [2.24, 2.45) is 11.7 Å². The van der Waals surface area contributed by atoms with Crippen LogP contribution in [0.15, 0.2) is 0 Å². The summed E-state index contributed by atoms with van der Waals surface area (Å²) < 4.78 is 4.62. The number of hydrogen-bond donors (Lipinski definition) is 1. The third-order valence-electron chi connectivity index (χ3n) is 3.48. The third-order valence-corrected chi connectivity index (χ3v) is 3.48. The van der Waals surface area contributed by atoms with E-state index in [2.05, 4.69) is 23.5 Å². The molecular weight excluding hydrogens is 204 g/mol. The van der Waals surface area contributed by atoms with Gasteiger partial charge < -0.3 is 15.4 Å². The number of ether oxygens (including phenoxy) is 1. The average Bonchev–Trinajstić information content (AvgIpc) is 2.28. The van der Waals surface area contributed by atoms with Crippen LogP contribution in [0.4, 0.5) is 0 Å². The maximum absolute atomic E-state index is 11.2. The lowest BCUT2D eigenvalue weighted by Crippen LogP contribution is -2.44. The molecule has 4 nitrogen and oxygen atoms in total. The number of rotatable bonds is 4. The largest absolute Gasteiger partial charge is 0.468 e. The van der Waals surface area contributed by atoms with E-state index < -0.39 is 6.04 Å². The summed E-state index contributed by atoms with van der Waals surface area (Å²) >= 11 is 0. The van der Waals surface area contributed by atoms with Crippen molar-refractivity contribution in [1.82, 2.24) is 4.90 Å². The number of carbonyl (C=O) groups is 1. The number of piperidine rings is 1. The van der Waals surface area contributed by atoms with Crippen LogP contribution in [0.3, 0.4) is 0 Å². The van der Waals surface area contributed by atoms with Crippen LogP contribution in [0.5, 0.6) is 0 Å². The number of likely N-dealkylation sites (tertiary alicyclic amines) is 1. The maximum atomic E-state index is 11.2. The Bertz CT molecular complexity index is 233. The second-order valence-electron chi connectivity index (χ2n) is 4.94. The first kappa shape index (κ1) is 13.5. The monoisotopic (exact) mass is 228 g/mol. The Balaban J connectivity index is 2.33. The highest BCUT2D eigenvalue weighted by molar-refractivity contribution is 5.75. The van der Waals surface area contributed by atoms with Gasteiger partial charge in [0.25, 0.3) is 0 Å². The minimum Gasteiger partial charge on any atom is -0.468 e. The van der Waals surface area contributed by atoms with Gasteiger partial charge >= 0.3 is 5.97 Å². The smallest absolute Gasteiger partial charge is 0.322 e. The van der Waals surface area contributed by atoms with Crippen molar-refractivity contribution in [1.29, 1.82) is 0 Å². The van der Waals surface area contributed by atoms with Gasteiger partial charge in [-0.15, -0.1) is 0 Å². The Morgan fingerprint density at radius 1 is 1.50 bits per heavy atom. The van der Waals surface area contributed by atoms with E-state index in [1.54, 1.807) is 0 Å². The van der Waals surface area contributed by atoms with Gasteiger partial charge in [0.15, 0.2) is 0 Å². The molecule has 0 spiro atoms. The van der Waals surface area contributed by atoms with Crippen molar-refractivity contribution < 1.29 is 9.53 Å². The molecule has 0 radical (unpaired) electrons. The van der Waals surface area contributed by atoms with E-state index in [1.165, 1.54) is 20.0 Å². The number of carbonyl (C=O) groups excluding carboxylic acids is 1. The molecule has 1 rings (SSSR count). The second kappa shape index (κ2) is 6.21. The van der Waals surface area contributed by atoms with Gasteiger partial charge in [-0.3, -0.25) is 4.79 Å². The highest BCUT2D eigenvalue weighted by atomic mass is 16.5. The van der Waals surface area contributed by atoms with Crippen LogP contribution in [0.1, 0.15) is 33.1 Å². The van der Waals surface area contributed by atoms with Gasteiger partial charge in [-0.25, -0.2) is 0 Å². The number of nitrogens with two attached hydrogens (primary N) is 1. The van der Waals surface area contributed by atoms with E-state index in [0.717, 1.165) is 19.0 Å². The molecule has 0 aromatic carbocycles. The molecule has 0 aromatic rings. The number of esters is 1. The van der Waals surface area contributed by atoms with Gasteiger partial charge in [0, 0.05) is 19.1 Å². The number of hydrogen-bond acceptors (Lipinski definition) is 4. The molecule has 94 valence electrons. The zero-order chi connectivity index (χ0) is 12.1. The fraction of sp³-hybridized carbons (Fsp3) is 0.917. The molecule has 1 aliphatic rings. The summed E-state index contributed by atoms with van der Waals surface area (Å²) in [6.45, 7) is 6.53. The van der Waals surface area contributed by atoms with Gasteiger partial charge in [-0.2, -0.15) is 0 Å². The van der Waals surface area contributed by atoms with Gasteiger partial charge in [-0.1, -0.05) is 6.92 Å². The summed E-state index contributed by atoms with van der Waals surface area (Å²) in [4.78, 5) is 13.6. The van der Waals surface area contributed by atoms with Crippen LogP contribution in [-0.2, 0) is 9.53 Å². The molecule has 0 aliphatic carbocycles. The molecule has 1 fully saturated rings. The average molecular weight is 228 g/mol. The quantitative estimate of drug-likeness (QED) is 0.729. The van der Waals surface area contributed by atoms with Crippen LogP contribution >= 0.6 is 0 Å². The summed E-state index contributed by atoms with van der Waals surface area (Å²) in [5.74, 6) is 0.447. The van der Waals surface area contributed by atoms with Crippen LogP contribution in [0, 0.1) is 5.92 Å². The Hall–Kier alpha value is -0.610. The zero-order valence-electron chi connectivity index (χ0n) is 10.6. The van der Waals surface area contributed by atoms with E-state index in [1.807, 2.05) is 0 Å².